The zero-order valence-corrected chi connectivity index (χ0v) is 11.1. The smallest absolute Gasteiger partial charge is 0.124 e. The third-order valence-corrected chi connectivity index (χ3v) is 2.73. The van der Waals surface area contributed by atoms with Crippen molar-refractivity contribution in [3.8, 4) is 5.75 Å². The molecule has 0 aliphatic heterocycles. The van der Waals surface area contributed by atoms with E-state index in [-0.39, 0.29) is 0 Å². The number of aliphatic hydroxyl groups excluding tert-OH is 1. The fourth-order valence-corrected chi connectivity index (χ4v) is 1.59. The molecule has 4 heteroatoms. The molecule has 96 valence electrons. The van der Waals surface area contributed by atoms with Gasteiger partial charge in [0.2, 0.25) is 0 Å². The lowest BCUT2D eigenvalue weighted by Crippen LogP contribution is -2.18. The predicted octanol–water partition coefficient (Wildman–Crippen LogP) is 2.60. The molecule has 0 aliphatic carbocycles. The zero-order valence-electron chi connectivity index (χ0n) is 10.4. The summed E-state index contributed by atoms with van der Waals surface area (Å²) in [7, 11) is 0. The molecule has 1 aromatic carbocycles. The van der Waals surface area contributed by atoms with Gasteiger partial charge in [-0.25, -0.2) is 0 Å². The lowest BCUT2D eigenvalue weighted by Gasteiger charge is -2.14. The Kier molecular flexibility index (Phi) is 6.34. The Morgan fingerprint density at radius 1 is 1.41 bits per heavy atom. The fraction of sp³-hybridized carbons (Fsp3) is 0.538. The number of aliphatic hydroxyl groups is 1. The molecule has 1 aromatic rings. The molecule has 0 saturated heterocycles. The molecule has 0 spiro atoms. The van der Waals surface area contributed by atoms with Gasteiger partial charge in [0.05, 0.1) is 6.10 Å². The summed E-state index contributed by atoms with van der Waals surface area (Å²) in [6.07, 6.45) is 0.272. The molecule has 1 unspecified atom stereocenters. The molecule has 0 bridgehead atoms. The van der Waals surface area contributed by atoms with Crippen LogP contribution in [0.4, 0.5) is 0 Å². The minimum absolute atomic E-state index is 0.317. The molecule has 0 amide bonds. The number of halogens is 1. The highest BCUT2D eigenvalue weighted by atomic mass is 35.5. The van der Waals surface area contributed by atoms with Crippen molar-refractivity contribution in [3.63, 3.8) is 0 Å². The second kappa shape index (κ2) is 7.54. The molecule has 2 N–H and O–H groups in total. The summed E-state index contributed by atoms with van der Waals surface area (Å²) in [6, 6.07) is 5.53. The number of benzene rings is 1. The Morgan fingerprint density at radius 3 is 2.82 bits per heavy atom. The topological polar surface area (TPSA) is 41.5 Å². The van der Waals surface area contributed by atoms with Gasteiger partial charge in [-0.05, 0) is 31.2 Å². The van der Waals surface area contributed by atoms with Crippen molar-refractivity contribution in [1.29, 1.82) is 0 Å². The van der Waals surface area contributed by atoms with E-state index in [4.69, 9.17) is 16.3 Å². The van der Waals surface area contributed by atoms with Crippen LogP contribution < -0.4 is 10.1 Å². The van der Waals surface area contributed by atoms with E-state index in [1.807, 2.05) is 26.0 Å². The average molecular weight is 258 g/mol. The van der Waals surface area contributed by atoms with Crippen molar-refractivity contribution in [2.24, 2.45) is 0 Å². The van der Waals surface area contributed by atoms with E-state index >= 15 is 0 Å². The van der Waals surface area contributed by atoms with Crippen LogP contribution in [-0.2, 0) is 6.54 Å². The van der Waals surface area contributed by atoms with Crippen LogP contribution in [0.2, 0.25) is 5.02 Å². The lowest BCUT2D eigenvalue weighted by atomic mass is 10.2. The molecule has 17 heavy (non-hydrogen) atoms. The Balaban J connectivity index is 2.68. The number of ether oxygens (including phenoxy) is 1. The first-order chi connectivity index (χ1) is 8.17. The summed E-state index contributed by atoms with van der Waals surface area (Å²) in [5, 5.41) is 13.4. The van der Waals surface area contributed by atoms with Gasteiger partial charge in [0.1, 0.15) is 12.4 Å². The first-order valence-corrected chi connectivity index (χ1v) is 6.35. The fourth-order valence-electron chi connectivity index (χ4n) is 1.39. The summed E-state index contributed by atoms with van der Waals surface area (Å²) >= 11 is 5.95. The molecule has 0 radical (unpaired) electrons. The van der Waals surface area contributed by atoms with Crippen LogP contribution in [0.15, 0.2) is 18.2 Å². The highest BCUT2D eigenvalue weighted by Crippen LogP contribution is 2.23. The maximum Gasteiger partial charge on any atom is 0.124 e. The van der Waals surface area contributed by atoms with Crippen molar-refractivity contribution < 1.29 is 9.84 Å². The van der Waals surface area contributed by atoms with E-state index in [0.717, 1.165) is 17.9 Å². The highest BCUT2D eigenvalue weighted by molar-refractivity contribution is 6.30. The van der Waals surface area contributed by atoms with E-state index in [9.17, 15) is 5.11 Å². The molecule has 0 saturated carbocycles. The third-order valence-electron chi connectivity index (χ3n) is 2.49. The van der Waals surface area contributed by atoms with Gasteiger partial charge in [-0.15, -0.1) is 0 Å². The zero-order chi connectivity index (χ0) is 12.7. The SMILES string of the molecule is CCNCc1cc(Cl)ccc1OCC(O)CC. The summed E-state index contributed by atoms with van der Waals surface area (Å²) < 4.78 is 5.59. The molecule has 0 aliphatic rings. The van der Waals surface area contributed by atoms with E-state index in [0.29, 0.717) is 24.6 Å². The van der Waals surface area contributed by atoms with Crippen LogP contribution in [-0.4, -0.2) is 24.4 Å². The van der Waals surface area contributed by atoms with Crippen LogP contribution in [0.1, 0.15) is 25.8 Å². The summed E-state index contributed by atoms with van der Waals surface area (Å²) in [4.78, 5) is 0. The number of hydrogen-bond donors (Lipinski definition) is 2. The third kappa shape index (κ3) is 4.94. The minimum atomic E-state index is -0.419. The number of nitrogens with one attached hydrogen (secondary N) is 1. The lowest BCUT2D eigenvalue weighted by molar-refractivity contribution is 0.104. The highest BCUT2D eigenvalue weighted by Gasteiger charge is 2.07. The molecule has 1 atom stereocenters. The van der Waals surface area contributed by atoms with Gasteiger partial charge >= 0.3 is 0 Å². The summed E-state index contributed by atoms with van der Waals surface area (Å²) in [5.74, 6) is 0.780. The second-order valence-corrected chi connectivity index (χ2v) is 4.34. The first kappa shape index (κ1) is 14.3. The number of hydrogen-bond acceptors (Lipinski definition) is 3. The second-order valence-electron chi connectivity index (χ2n) is 3.91. The molecule has 0 aromatic heterocycles. The maximum atomic E-state index is 9.47. The average Bonchev–Trinajstić information content (AvgIpc) is 2.34. The van der Waals surface area contributed by atoms with Crippen LogP contribution in [0, 0.1) is 0 Å². The molecule has 1 rings (SSSR count). The van der Waals surface area contributed by atoms with Gasteiger partial charge in [-0.1, -0.05) is 25.4 Å². The van der Waals surface area contributed by atoms with Gasteiger partial charge in [-0.2, -0.15) is 0 Å². The largest absolute Gasteiger partial charge is 0.491 e. The van der Waals surface area contributed by atoms with Crippen molar-refractivity contribution >= 4 is 11.6 Å². The molecular weight excluding hydrogens is 238 g/mol. The first-order valence-electron chi connectivity index (χ1n) is 5.97. The van der Waals surface area contributed by atoms with Gasteiger partial charge < -0.3 is 15.2 Å². The Hall–Kier alpha value is -0.770. The van der Waals surface area contributed by atoms with Crippen molar-refractivity contribution in [3.05, 3.63) is 28.8 Å². The van der Waals surface area contributed by atoms with Crippen molar-refractivity contribution in [2.45, 2.75) is 32.9 Å². The Labute approximate surface area is 108 Å². The van der Waals surface area contributed by atoms with E-state index in [2.05, 4.69) is 5.32 Å². The van der Waals surface area contributed by atoms with Crippen molar-refractivity contribution in [1.82, 2.24) is 5.32 Å². The molecular formula is C13H20ClNO2. The van der Waals surface area contributed by atoms with Crippen molar-refractivity contribution in [2.75, 3.05) is 13.2 Å². The van der Waals surface area contributed by atoms with Crippen LogP contribution in [0.5, 0.6) is 5.75 Å². The quantitative estimate of drug-likeness (QED) is 0.789. The van der Waals surface area contributed by atoms with Crippen LogP contribution in [0.25, 0.3) is 0 Å². The monoisotopic (exact) mass is 257 g/mol. The summed E-state index contributed by atoms with van der Waals surface area (Å²) in [5.41, 5.74) is 1.02. The van der Waals surface area contributed by atoms with E-state index in [1.165, 1.54) is 0 Å². The van der Waals surface area contributed by atoms with Gasteiger partial charge in [-0.3, -0.25) is 0 Å². The molecule has 3 nitrogen and oxygen atoms in total. The van der Waals surface area contributed by atoms with Gasteiger partial charge in [0, 0.05) is 17.1 Å². The van der Waals surface area contributed by atoms with Gasteiger partial charge in [0.25, 0.3) is 0 Å². The predicted molar refractivity (Wildman–Crippen MR) is 70.6 cm³/mol. The Bertz CT molecular complexity index is 344. The van der Waals surface area contributed by atoms with E-state index in [1.54, 1.807) is 6.07 Å². The van der Waals surface area contributed by atoms with E-state index < -0.39 is 6.10 Å². The summed E-state index contributed by atoms with van der Waals surface area (Å²) in [6.45, 7) is 5.90. The normalized spacial score (nSPS) is 12.5. The number of rotatable bonds is 7. The minimum Gasteiger partial charge on any atom is -0.491 e. The molecule has 0 fully saturated rings. The molecule has 0 heterocycles. The van der Waals surface area contributed by atoms with Crippen LogP contribution >= 0.6 is 11.6 Å². The Morgan fingerprint density at radius 2 is 2.18 bits per heavy atom. The standard InChI is InChI=1S/C13H20ClNO2/c1-3-12(16)9-17-13-6-5-11(14)7-10(13)8-15-4-2/h5-7,12,15-16H,3-4,8-9H2,1-2H3. The van der Waals surface area contributed by atoms with Gasteiger partial charge in [0.15, 0.2) is 0 Å². The van der Waals surface area contributed by atoms with Crippen LogP contribution in [0.3, 0.4) is 0 Å². The maximum absolute atomic E-state index is 9.47.